The molecule has 0 aliphatic rings. The van der Waals surface area contributed by atoms with Crippen LogP contribution < -0.4 is 14.8 Å². The Kier molecular flexibility index (Phi) is 5.64. The van der Waals surface area contributed by atoms with Crippen LogP contribution in [0.1, 0.15) is 6.92 Å². The lowest BCUT2D eigenvalue weighted by Crippen LogP contribution is -2.19. The lowest BCUT2D eigenvalue weighted by atomic mass is 10.2. The van der Waals surface area contributed by atoms with E-state index >= 15 is 0 Å². The number of anilines is 1. The van der Waals surface area contributed by atoms with E-state index in [1.54, 1.807) is 6.07 Å². The summed E-state index contributed by atoms with van der Waals surface area (Å²) in [6.45, 7) is 2.34. The number of hydrogen-bond donors (Lipinski definition) is 1. The zero-order valence-corrected chi connectivity index (χ0v) is 14.6. The predicted molar refractivity (Wildman–Crippen MR) is 99.3 cm³/mol. The second-order valence-corrected chi connectivity index (χ2v) is 5.96. The SMILES string of the molecule is CCOc1ccccc1OCC(=O)Nc1cc(-c2ccccc2)ns1. The maximum Gasteiger partial charge on any atom is 0.262 e. The zero-order chi connectivity index (χ0) is 17.5. The van der Waals surface area contributed by atoms with E-state index in [-0.39, 0.29) is 12.5 Å². The number of rotatable bonds is 7. The number of amides is 1. The van der Waals surface area contributed by atoms with Crippen LogP contribution in [0.25, 0.3) is 11.3 Å². The zero-order valence-electron chi connectivity index (χ0n) is 13.8. The molecule has 5 nitrogen and oxygen atoms in total. The molecule has 1 heterocycles. The summed E-state index contributed by atoms with van der Waals surface area (Å²) in [6, 6.07) is 19.0. The van der Waals surface area contributed by atoms with Crippen molar-refractivity contribution >= 4 is 22.4 Å². The van der Waals surface area contributed by atoms with Gasteiger partial charge in [0.25, 0.3) is 5.91 Å². The number of para-hydroxylation sites is 2. The molecule has 0 atom stereocenters. The summed E-state index contributed by atoms with van der Waals surface area (Å²) in [5, 5.41) is 3.49. The van der Waals surface area contributed by atoms with Crippen LogP contribution in [0.3, 0.4) is 0 Å². The Labute approximate surface area is 150 Å². The van der Waals surface area contributed by atoms with E-state index in [9.17, 15) is 4.79 Å². The van der Waals surface area contributed by atoms with E-state index < -0.39 is 0 Å². The molecule has 1 aromatic heterocycles. The average molecular weight is 354 g/mol. The van der Waals surface area contributed by atoms with Crippen LogP contribution in [0, 0.1) is 0 Å². The molecule has 0 fully saturated rings. The van der Waals surface area contributed by atoms with Crippen LogP contribution in [-0.4, -0.2) is 23.5 Å². The predicted octanol–water partition coefficient (Wildman–Crippen LogP) is 4.23. The summed E-state index contributed by atoms with van der Waals surface area (Å²) in [5.41, 5.74) is 1.85. The standard InChI is InChI=1S/C19H18N2O3S/c1-2-23-16-10-6-7-11-17(16)24-13-18(22)20-19-12-15(21-25-19)14-8-4-3-5-9-14/h3-12H,2,13H2,1H3,(H,20,22). The first-order valence-corrected chi connectivity index (χ1v) is 8.70. The highest BCUT2D eigenvalue weighted by molar-refractivity contribution is 7.10. The molecular weight excluding hydrogens is 336 g/mol. The first-order valence-electron chi connectivity index (χ1n) is 7.93. The maximum absolute atomic E-state index is 12.1. The van der Waals surface area contributed by atoms with Crippen molar-refractivity contribution in [1.82, 2.24) is 4.37 Å². The third-order valence-electron chi connectivity index (χ3n) is 3.35. The van der Waals surface area contributed by atoms with E-state index in [0.717, 1.165) is 11.3 Å². The van der Waals surface area contributed by atoms with Gasteiger partial charge < -0.3 is 14.8 Å². The van der Waals surface area contributed by atoms with Crippen LogP contribution in [0.2, 0.25) is 0 Å². The fraction of sp³-hybridized carbons (Fsp3) is 0.158. The lowest BCUT2D eigenvalue weighted by Gasteiger charge is -2.11. The van der Waals surface area contributed by atoms with Gasteiger partial charge in [-0.3, -0.25) is 4.79 Å². The molecule has 0 aliphatic carbocycles. The van der Waals surface area contributed by atoms with Gasteiger partial charge in [0.2, 0.25) is 0 Å². The molecule has 128 valence electrons. The summed E-state index contributed by atoms with van der Waals surface area (Å²) in [4.78, 5) is 12.1. The minimum atomic E-state index is -0.241. The van der Waals surface area contributed by atoms with Crippen LogP contribution in [0.5, 0.6) is 11.5 Å². The fourth-order valence-corrected chi connectivity index (χ4v) is 2.92. The van der Waals surface area contributed by atoms with Gasteiger partial charge in [-0.2, -0.15) is 4.37 Å². The Morgan fingerprint density at radius 1 is 1.04 bits per heavy atom. The Morgan fingerprint density at radius 2 is 1.72 bits per heavy atom. The van der Waals surface area contributed by atoms with Crippen molar-refractivity contribution in [2.75, 3.05) is 18.5 Å². The molecule has 0 saturated heterocycles. The molecule has 0 bridgehead atoms. The van der Waals surface area contributed by atoms with Crippen LogP contribution in [0.15, 0.2) is 60.7 Å². The summed E-state index contributed by atoms with van der Waals surface area (Å²) in [6.07, 6.45) is 0. The Bertz CT molecular complexity index is 833. The van der Waals surface area contributed by atoms with Gasteiger partial charge in [0.1, 0.15) is 5.00 Å². The van der Waals surface area contributed by atoms with Gasteiger partial charge >= 0.3 is 0 Å². The smallest absolute Gasteiger partial charge is 0.262 e. The molecule has 25 heavy (non-hydrogen) atoms. The molecular formula is C19H18N2O3S. The number of benzene rings is 2. The minimum absolute atomic E-state index is 0.0946. The first-order chi connectivity index (χ1) is 12.3. The number of aromatic nitrogens is 1. The number of nitrogens with one attached hydrogen (secondary N) is 1. The van der Waals surface area contributed by atoms with Crippen molar-refractivity contribution in [3.8, 4) is 22.8 Å². The molecule has 0 saturated carbocycles. The molecule has 2 aromatic carbocycles. The van der Waals surface area contributed by atoms with Gasteiger partial charge in [-0.1, -0.05) is 42.5 Å². The second-order valence-electron chi connectivity index (χ2n) is 5.16. The third-order valence-corrected chi connectivity index (χ3v) is 4.05. The summed E-state index contributed by atoms with van der Waals surface area (Å²) in [5.74, 6) is 0.935. The molecule has 3 aromatic rings. The van der Waals surface area contributed by atoms with Crippen LogP contribution in [-0.2, 0) is 4.79 Å². The van der Waals surface area contributed by atoms with Crippen molar-refractivity contribution in [3.63, 3.8) is 0 Å². The second kappa shape index (κ2) is 8.30. The molecule has 1 N–H and O–H groups in total. The molecule has 0 spiro atoms. The van der Waals surface area contributed by atoms with E-state index in [4.69, 9.17) is 9.47 Å². The van der Waals surface area contributed by atoms with Crippen molar-refractivity contribution in [2.45, 2.75) is 6.92 Å². The van der Waals surface area contributed by atoms with Crippen molar-refractivity contribution < 1.29 is 14.3 Å². The molecule has 0 unspecified atom stereocenters. The van der Waals surface area contributed by atoms with Gasteiger partial charge in [0.05, 0.1) is 12.3 Å². The summed E-state index contributed by atoms with van der Waals surface area (Å²) >= 11 is 1.24. The van der Waals surface area contributed by atoms with E-state index in [1.807, 2.05) is 61.5 Å². The maximum atomic E-state index is 12.1. The van der Waals surface area contributed by atoms with Crippen LogP contribution in [0.4, 0.5) is 5.00 Å². The van der Waals surface area contributed by atoms with Crippen molar-refractivity contribution in [3.05, 3.63) is 60.7 Å². The summed E-state index contributed by atoms with van der Waals surface area (Å²) in [7, 11) is 0. The van der Waals surface area contributed by atoms with Gasteiger partial charge in [-0.05, 0) is 30.6 Å². The minimum Gasteiger partial charge on any atom is -0.490 e. The number of carbonyl (C=O) groups is 1. The average Bonchev–Trinajstić information content (AvgIpc) is 3.10. The highest BCUT2D eigenvalue weighted by atomic mass is 32.1. The monoisotopic (exact) mass is 354 g/mol. The highest BCUT2D eigenvalue weighted by Gasteiger charge is 2.10. The van der Waals surface area contributed by atoms with Gasteiger partial charge in [-0.25, -0.2) is 0 Å². The topological polar surface area (TPSA) is 60.5 Å². The van der Waals surface area contributed by atoms with Crippen LogP contribution >= 0.6 is 11.5 Å². The highest BCUT2D eigenvalue weighted by Crippen LogP contribution is 2.27. The van der Waals surface area contributed by atoms with Gasteiger partial charge in [0.15, 0.2) is 18.1 Å². The number of nitrogens with zero attached hydrogens (tertiary/aromatic N) is 1. The number of carbonyl (C=O) groups excluding carboxylic acids is 1. The van der Waals surface area contributed by atoms with Crippen molar-refractivity contribution in [1.29, 1.82) is 0 Å². The molecule has 1 amide bonds. The Balaban J connectivity index is 1.58. The summed E-state index contributed by atoms with van der Waals surface area (Å²) < 4.78 is 15.4. The molecule has 0 aliphatic heterocycles. The quantitative estimate of drug-likeness (QED) is 0.690. The largest absolute Gasteiger partial charge is 0.490 e. The van der Waals surface area contributed by atoms with Gasteiger partial charge in [0, 0.05) is 11.6 Å². The van der Waals surface area contributed by atoms with E-state index in [0.29, 0.717) is 23.1 Å². The van der Waals surface area contributed by atoms with Gasteiger partial charge in [-0.15, -0.1) is 0 Å². The van der Waals surface area contributed by atoms with E-state index in [2.05, 4.69) is 9.69 Å². The Morgan fingerprint density at radius 3 is 2.44 bits per heavy atom. The Hall–Kier alpha value is -2.86. The van der Waals surface area contributed by atoms with E-state index in [1.165, 1.54) is 11.5 Å². The molecule has 6 heteroatoms. The lowest BCUT2D eigenvalue weighted by molar-refractivity contribution is -0.118. The fourth-order valence-electron chi connectivity index (χ4n) is 2.24. The third kappa shape index (κ3) is 4.58. The molecule has 3 rings (SSSR count). The normalized spacial score (nSPS) is 10.3. The molecule has 0 radical (unpaired) electrons. The number of ether oxygens (including phenoxy) is 2. The van der Waals surface area contributed by atoms with Crippen molar-refractivity contribution in [2.24, 2.45) is 0 Å². The number of hydrogen-bond acceptors (Lipinski definition) is 5. The first kappa shape index (κ1) is 17.0.